The van der Waals surface area contributed by atoms with E-state index in [0.717, 1.165) is 16.9 Å². The van der Waals surface area contributed by atoms with Crippen LogP contribution >= 0.6 is 0 Å². The average molecular weight is 378 g/mol. The second-order valence-corrected chi connectivity index (χ2v) is 6.09. The standard InChI is InChI=1S/C21H22N4O3/c1-14(21(26)25-19-11-12-22-13-23-19)15-7-9-16(10-8-15)24-17-5-4-6-18(27-2)20(17)28-3/h4-14,24H,1-3H3,(H,22,23,25,26). The van der Waals surface area contributed by atoms with Crippen LogP contribution in [0.4, 0.5) is 17.2 Å². The first-order chi connectivity index (χ1) is 13.6. The number of para-hydroxylation sites is 1. The fourth-order valence-corrected chi connectivity index (χ4v) is 2.75. The minimum Gasteiger partial charge on any atom is -0.493 e. The second-order valence-electron chi connectivity index (χ2n) is 6.09. The Labute approximate surface area is 163 Å². The van der Waals surface area contributed by atoms with Gasteiger partial charge in [-0.25, -0.2) is 9.97 Å². The van der Waals surface area contributed by atoms with E-state index in [1.807, 2.05) is 49.4 Å². The molecule has 0 radical (unpaired) electrons. The van der Waals surface area contributed by atoms with Gasteiger partial charge in [-0.15, -0.1) is 0 Å². The predicted molar refractivity (Wildman–Crippen MR) is 108 cm³/mol. The largest absolute Gasteiger partial charge is 0.493 e. The predicted octanol–water partition coefficient (Wildman–Crippen LogP) is 3.98. The molecule has 7 nitrogen and oxygen atoms in total. The summed E-state index contributed by atoms with van der Waals surface area (Å²) in [5, 5.41) is 6.10. The zero-order chi connectivity index (χ0) is 19.9. The van der Waals surface area contributed by atoms with Gasteiger partial charge in [0.2, 0.25) is 5.91 Å². The molecule has 0 aliphatic rings. The summed E-state index contributed by atoms with van der Waals surface area (Å²) in [4.78, 5) is 20.3. The summed E-state index contributed by atoms with van der Waals surface area (Å²) in [6.07, 6.45) is 2.98. The first-order valence-electron chi connectivity index (χ1n) is 8.77. The molecule has 0 aliphatic carbocycles. The summed E-state index contributed by atoms with van der Waals surface area (Å²) in [6, 6.07) is 15.0. The van der Waals surface area contributed by atoms with Crippen molar-refractivity contribution < 1.29 is 14.3 Å². The van der Waals surface area contributed by atoms with E-state index in [1.54, 1.807) is 26.5 Å². The van der Waals surface area contributed by atoms with Crippen LogP contribution in [0.15, 0.2) is 61.1 Å². The van der Waals surface area contributed by atoms with Crippen molar-refractivity contribution in [3.63, 3.8) is 0 Å². The molecule has 1 atom stereocenters. The molecule has 1 aromatic heterocycles. The van der Waals surface area contributed by atoms with E-state index >= 15 is 0 Å². The summed E-state index contributed by atoms with van der Waals surface area (Å²) in [5.74, 6) is 1.31. The Morgan fingerprint density at radius 3 is 2.46 bits per heavy atom. The minimum atomic E-state index is -0.324. The lowest BCUT2D eigenvalue weighted by atomic mass is 10.00. The molecule has 0 aliphatic heterocycles. The van der Waals surface area contributed by atoms with Crippen molar-refractivity contribution in [2.75, 3.05) is 24.9 Å². The molecule has 0 fully saturated rings. The van der Waals surface area contributed by atoms with Gasteiger partial charge in [-0.2, -0.15) is 0 Å². The Morgan fingerprint density at radius 2 is 1.82 bits per heavy atom. The fourth-order valence-electron chi connectivity index (χ4n) is 2.75. The molecule has 0 saturated carbocycles. The summed E-state index contributed by atoms with van der Waals surface area (Å²) in [7, 11) is 3.20. The first kappa shape index (κ1) is 19.2. The SMILES string of the molecule is COc1cccc(Nc2ccc(C(C)C(=O)Nc3ccncn3)cc2)c1OC. The highest BCUT2D eigenvalue weighted by Crippen LogP contribution is 2.36. The van der Waals surface area contributed by atoms with Crippen LogP contribution in [0, 0.1) is 0 Å². The number of carbonyl (C=O) groups is 1. The Kier molecular flexibility index (Phi) is 6.06. The number of ether oxygens (including phenoxy) is 2. The van der Waals surface area contributed by atoms with Crippen LogP contribution in [0.3, 0.4) is 0 Å². The summed E-state index contributed by atoms with van der Waals surface area (Å²) in [5.41, 5.74) is 2.57. The number of nitrogens with one attached hydrogen (secondary N) is 2. The molecule has 0 spiro atoms. The maximum absolute atomic E-state index is 12.4. The second kappa shape index (κ2) is 8.85. The molecular weight excluding hydrogens is 356 g/mol. The molecule has 1 unspecified atom stereocenters. The molecule has 144 valence electrons. The Morgan fingerprint density at radius 1 is 1.04 bits per heavy atom. The van der Waals surface area contributed by atoms with Gasteiger partial charge in [-0.05, 0) is 42.8 Å². The van der Waals surface area contributed by atoms with Gasteiger partial charge in [0.15, 0.2) is 11.5 Å². The van der Waals surface area contributed by atoms with E-state index in [-0.39, 0.29) is 11.8 Å². The molecule has 1 heterocycles. The molecule has 0 saturated heterocycles. The monoisotopic (exact) mass is 378 g/mol. The molecule has 3 rings (SSSR count). The summed E-state index contributed by atoms with van der Waals surface area (Å²) < 4.78 is 10.8. The van der Waals surface area contributed by atoms with Crippen molar-refractivity contribution in [3.8, 4) is 11.5 Å². The third-order valence-corrected chi connectivity index (χ3v) is 4.32. The van der Waals surface area contributed by atoms with Gasteiger partial charge in [0, 0.05) is 11.9 Å². The average Bonchev–Trinajstić information content (AvgIpc) is 2.74. The first-order valence-corrected chi connectivity index (χ1v) is 8.77. The topological polar surface area (TPSA) is 85.4 Å². The van der Waals surface area contributed by atoms with Gasteiger partial charge >= 0.3 is 0 Å². The van der Waals surface area contributed by atoms with Crippen LogP contribution < -0.4 is 20.1 Å². The number of methoxy groups -OCH3 is 2. The highest BCUT2D eigenvalue weighted by Gasteiger charge is 2.16. The molecule has 0 bridgehead atoms. The summed E-state index contributed by atoms with van der Waals surface area (Å²) in [6.45, 7) is 1.85. The van der Waals surface area contributed by atoms with Crippen LogP contribution in [-0.2, 0) is 4.79 Å². The van der Waals surface area contributed by atoms with E-state index in [1.165, 1.54) is 6.33 Å². The highest BCUT2D eigenvalue weighted by atomic mass is 16.5. The zero-order valence-electron chi connectivity index (χ0n) is 16.0. The number of amides is 1. The lowest BCUT2D eigenvalue weighted by Crippen LogP contribution is -2.19. The summed E-state index contributed by atoms with van der Waals surface area (Å²) >= 11 is 0. The van der Waals surface area contributed by atoms with Gasteiger partial charge < -0.3 is 20.1 Å². The third kappa shape index (κ3) is 4.37. The maximum Gasteiger partial charge on any atom is 0.232 e. The van der Waals surface area contributed by atoms with Crippen molar-refractivity contribution in [3.05, 3.63) is 66.6 Å². The number of rotatable bonds is 7. The number of aromatic nitrogens is 2. The van der Waals surface area contributed by atoms with Crippen LogP contribution in [-0.4, -0.2) is 30.1 Å². The van der Waals surface area contributed by atoms with E-state index < -0.39 is 0 Å². The van der Waals surface area contributed by atoms with Gasteiger partial charge in [0.25, 0.3) is 0 Å². The number of hydrogen-bond acceptors (Lipinski definition) is 6. The van der Waals surface area contributed by atoms with Gasteiger partial charge in [-0.1, -0.05) is 18.2 Å². The van der Waals surface area contributed by atoms with Crippen LogP contribution in [0.5, 0.6) is 11.5 Å². The van der Waals surface area contributed by atoms with Crippen molar-refractivity contribution >= 4 is 23.1 Å². The minimum absolute atomic E-state index is 0.131. The lowest BCUT2D eigenvalue weighted by molar-refractivity contribution is -0.117. The normalized spacial score (nSPS) is 11.4. The van der Waals surface area contributed by atoms with E-state index in [9.17, 15) is 4.79 Å². The zero-order valence-corrected chi connectivity index (χ0v) is 16.0. The quantitative estimate of drug-likeness (QED) is 0.647. The van der Waals surface area contributed by atoms with Crippen molar-refractivity contribution in [2.24, 2.45) is 0 Å². The number of anilines is 3. The Hall–Kier alpha value is -3.61. The smallest absolute Gasteiger partial charge is 0.232 e. The molecule has 2 N–H and O–H groups in total. The molecule has 28 heavy (non-hydrogen) atoms. The van der Waals surface area contributed by atoms with E-state index in [2.05, 4.69) is 20.6 Å². The van der Waals surface area contributed by atoms with Gasteiger partial charge in [0.05, 0.1) is 25.8 Å². The van der Waals surface area contributed by atoms with Crippen LogP contribution in [0.2, 0.25) is 0 Å². The van der Waals surface area contributed by atoms with Crippen molar-refractivity contribution in [2.45, 2.75) is 12.8 Å². The Balaban J connectivity index is 1.70. The lowest BCUT2D eigenvalue weighted by Gasteiger charge is -2.15. The molecule has 3 aromatic rings. The molecular formula is C21H22N4O3. The van der Waals surface area contributed by atoms with Gasteiger partial charge in [-0.3, -0.25) is 4.79 Å². The van der Waals surface area contributed by atoms with E-state index in [0.29, 0.717) is 17.3 Å². The van der Waals surface area contributed by atoms with Gasteiger partial charge in [0.1, 0.15) is 12.1 Å². The number of benzene rings is 2. The van der Waals surface area contributed by atoms with Crippen molar-refractivity contribution in [1.29, 1.82) is 0 Å². The number of nitrogens with zero attached hydrogens (tertiary/aromatic N) is 2. The molecule has 7 heteroatoms. The highest BCUT2D eigenvalue weighted by molar-refractivity contribution is 5.94. The number of hydrogen-bond donors (Lipinski definition) is 2. The fraction of sp³-hybridized carbons (Fsp3) is 0.190. The van der Waals surface area contributed by atoms with Crippen molar-refractivity contribution in [1.82, 2.24) is 9.97 Å². The number of carbonyl (C=O) groups excluding carboxylic acids is 1. The Bertz CT molecular complexity index is 930. The third-order valence-electron chi connectivity index (χ3n) is 4.32. The van der Waals surface area contributed by atoms with Crippen LogP contribution in [0.1, 0.15) is 18.4 Å². The molecule has 1 amide bonds. The van der Waals surface area contributed by atoms with E-state index in [4.69, 9.17) is 9.47 Å². The molecule has 2 aromatic carbocycles. The maximum atomic E-state index is 12.4. The van der Waals surface area contributed by atoms with Crippen LogP contribution in [0.25, 0.3) is 0 Å².